The maximum Gasteiger partial charge on any atom is 0.315 e. The number of benzene rings is 2. The summed E-state index contributed by atoms with van der Waals surface area (Å²) in [4.78, 5) is 12.5. The zero-order valence-corrected chi connectivity index (χ0v) is 16.7. The molecule has 8 nitrogen and oxygen atoms in total. The molecule has 0 fully saturated rings. The van der Waals surface area contributed by atoms with Crippen LogP contribution in [0.25, 0.3) is 0 Å². The van der Waals surface area contributed by atoms with E-state index in [4.69, 9.17) is 9.47 Å². The van der Waals surface area contributed by atoms with Crippen LogP contribution >= 0.6 is 0 Å². The van der Waals surface area contributed by atoms with Gasteiger partial charge in [0.2, 0.25) is 16.8 Å². The Bertz CT molecular complexity index is 975. The summed E-state index contributed by atoms with van der Waals surface area (Å²) in [6, 6.07) is 11.4. The topological polar surface area (TPSA) is 97.0 Å². The van der Waals surface area contributed by atoms with Crippen LogP contribution in [0.15, 0.2) is 47.4 Å². The molecule has 150 valence electrons. The van der Waals surface area contributed by atoms with Crippen molar-refractivity contribution in [2.24, 2.45) is 0 Å². The molecule has 3 rings (SSSR count). The van der Waals surface area contributed by atoms with Crippen LogP contribution in [-0.4, -0.2) is 39.6 Å². The predicted molar refractivity (Wildman–Crippen MR) is 104 cm³/mol. The maximum atomic E-state index is 12.4. The third-order valence-electron chi connectivity index (χ3n) is 4.41. The molecule has 0 aromatic heterocycles. The van der Waals surface area contributed by atoms with E-state index in [1.54, 1.807) is 24.3 Å². The zero-order valence-electron chi connectivity index (χ0n) is 15.9. The van der Waals surface area contributed by atoms with Crippen LogP contribution in [0.3, 0.4) is 0 Å². The minimum Gasteiger partial charge on any atom is -0.454 e. The second-order valence-electron chi connectivity index (χ2n) is 6.56. The Balaban J connectivity index is 1.64. The monoisotopic (exact) mass is 405 g/mol. The van der Waals surface area contributed by atoms with Gasteiger partial charge in [0.15, 0.2) is 11.5 Å². The summed E-state index contributed by atoms with van der Waals surface area (Å²) < 4.78 is 36.6. The van der Waals surface area contributed by atoms with Crippen molar-refractivity contribution in [3.05, 3.63) is 53.6 Å². The lowest BCUT2D eigenvalue weighted by Crippen LogP contribution is -2.37. The van der Waals surface area contributed by atoms with Gasteiger partial charge in [-0.2, -0.15) is 0 Å². The first-order valence-electron chi connectivity index (χ1n) is 8.73. The Hall–Kier alpha value is -2.78. The molecule has 9 heteroatoms. The quantitative estimate of drug-likeness (QED) is 0.768. The van der Waals surface area contributed by atoms with Crippen LogP contribution in [0, 0.1) is 0 Å². The number of sulfonamides is 1. The van der Waals surface area contributed by atoms with Crippen LogP contribution in [0.1, 0.15) is 24.1 Å². The average molecular weight is 405 g/mol. The third-order valence-corrected chi connectivity index (χ3v) is 6.33. The highest BCUT2D eigenvalue weighted by molar-refractivity contribution is 7.89. The van der Waals surface area contributed by atoms with E-state index in [-0.39, 0.29) is 24.3 Å². The molecule has 1 aliphatic heterocycles. The van der Waals surface area contributed by atoms with Crippen molar-refractivity contribution < 1.29 is 22.7 Å². The van der Waals surface area contributed by atoms with Crippen molar-refractivity contribution in [3.63, 3.8) is 0 Å². The lowest BCUT2D eigenvalue weighted by atomic mass is 10.1. The van der Waals surface area contributed by atoms with Crippen LogP contribution < -0.4 is 20.1 Å². The van der Waals surface area contributed by atoms with Gasteiger partial charge < -0.3 is 20.1 Å². The van der Waals surface area contributed by atoms with E-state index >= 15 is 0 Å². The molecule has 1 heterocycles. The van der Waals surface area contributed by atoms with E-state index in [9.17, 15) is 13.2 Å². The number of rotatable bonds is 6. The van der Waals surface area contributed by atoms with Gasteiger partial charge in [0.1, 0.15) is 0 Å². The number of urea groups is 1. The van der Waals surface area contributed by atoms with Crippen LogP contribution in [-0.2, 0) is 16.6 Å². The fourth-order valence-electron chi connectivity index (χ4n) is 2.79. The number of nitrogens with one attached hydrogen (secondary N) is 2. The summed E-state index contributed by atoms with van der Waals surface area (Å²) in [7, 11) is -0.648. The molecule has 0 aliphatic carbocycles. The summed E-state index contributed by atoms with van der Waals surface area (Å²) in [5.41, 5.74) is 1.39. The Morgan fingerprint density at radius 1 is 1.14 bits per heavy atom. The minimum absolute atomic E-state index is 0.0862. The van der Waals surface area contributed by atoms with E-state index in [2.05, 4.69) is 10.6 Å². The second-order valence-corrected chi connectivity index (χ2v) is 8.68. The third kappa shape index (κ3) is 4.20. The van der Waals surface area contributed by atoms with Gasteiger partial charge >= 0.3 is 6.03 Å². The van der Waals surface area contributed by atoms with Gasteiger partial charge in [-0.1, -0.05) is 24.3 Å². The number of ether oxygens (including phenoxy) is 2. The Morgan fingerprint density at radius 2 is 1.86 bits per heavy atom. The summed E-state index contributed by atoms with van der Waals surface area (Å²) in [6.07, 6.45) is 0. The first-order valence-corrected chi connectivity index (χ1v) is 10.2. The van der Waals surface area contributed by atoms with Gasteiger partial charge in [0.25, 0.3) is 0 Å². The molecule has 0 radical (unpaired) electrons. The van der Waals surface area contributed by atoms with E-state index < -0.39 is 16.1 Å². The molecular weight excluding hydrogens is 382 g/mol. The fraction of sp³-hybridized carbons (Fsp3) is 0.316. The molecule has 2 amide bonds. The molecule has 0 bridgehead atoms. The fourth-order valence-corrected chi connectivity index (χ4v) is 3.90. The number of nitrogens with zero attached hydrogens (tertiary/aromatic N) is 1. The van der Waals surface area contributed by atoms with Gasteiger partial charge in [-0.25, -0.2) is 17.5 Å². The van der Waals surface area contributed by atoms with Gasteiger partial charge in [-0.15, -0.1) is 0 Å². The standard InChI is InChI=1S/C19H23N3O5S/c1-13(14-8-9-16-17(10-14)27-12-26-16)21-19(23)20-11-15-6-4-5-7-18(15)28(24,25)22(2)3/h4-10,13H,11-12H2,1-3H3,(H2,20,21,23)/t13-/m0/s1. The van der Waals surface area contributed by atoms with Crippen LogP contribution in [0.5, 0.6) is 11.5 Å². The zero-order chi connectivity index (χ0) is 20.3. The normalized spacial score (nSPS) is 14.0. The molecular formula is C19H23N3O5S. The van der Waals surface area contributed by atoms with E-state index in [1.807, 2.05) is 19.1 Å². The lowest BCUT2D eigenvalue weighted by molar-refractivity contribution is 0.174. The van der Waals surface area contributed by atoms with Crippen molar-refractivity contribution in [1.29, 1.82) is 0 Å². The van der Waals surface area contributed by atoms with Gasteiger partial charge in [0, 0.05) is 20.6 Å². The van der Waals surface area contributed by atoms with E-state index in [1.165, 1.54) is 20.2 Å². The number of carbonyl (C=O) groups is 1. The van der Waals surface area contributed by atoms with Crippen molar-refractivity contribution in [3.8, 4) is 11.5 Å². The highest BCUT2D eigenvalue weighted by Crippen LogP contribution is 2.34. The first kappa shape index (κ1) is 20.0. The van der Waals surface area contributed by atoms with Crippen molar-refractivity contribution >= 4 is 16.1 Å². The number of amides is 2. The summed E-state index contributed by atoms with van der Waals surface area (Å²) in [5, 5.41) is 5.55. The Labute approximate surface area is 164 Å². The van der Waals surface area contributed by atoms with Gasteiger partial charge in [-0.3, -0.25) is 0 Å². The molecule has 2 N–H and O–H groups in total. The number of hydrogen-bond donors (Lipinski definition) is 2. The number of fused-ring (bicyclic) bond motifs is 1. The minimum atomic E-state index is -3.59. The maximum absolute atomic E-state index is 12.4. The van der Waals surface area contributed by atoms with Crippen molar-refractivity contribution in [2.45, 2.75) is 24.4 Å². The van der Waals surface area contributed by atoms with Gasteiger partial charge in [-0.05, 0) is 36.2 Å². The summed E-state index contributed by atoms with van der Waals surface area (Å²) >= 11 is 0. The largest absolute Gasteiger partial charge is 0.454 e. The Morgan fingerprint density at radius 3 is 2.61 bits per heavy atom. The number of carbonyl (C=O) groups excluding carboxylic acids is 1. The summed E-state index contributed by atoms with van der Waals surface area (Å²) in [6.45, 7) is 2.13. The molecule has 2 aromatic carbocycles. The second kappa shape index (κ2) is 8.07. The smallest absolute Gasteiger partial charge is 0.315 e. The highest BCUT2D eigenvalue weighted by atomic mass is 32.2. The van der Waals surface area contributed by atoms with Crippen LogP contribution in [0.2, 0.25) is 0 Å². The SMILES string of the molecule is C[C@H](NC(=O)NCc1ccccc1S(=O)(=O)N(C)C)c1ccc2c(c1)OCO2. The predicted octanol–water partition coefficient (Wildman–Crippen LogP) is 2.23. The van der Waals surface area contributed by atoms with E-state index in [0.717, 1.165) is 9.87 Å². The van der Waals surface area contributed by atoms with Crippen LogP contribution in [0.4, 0.5) is 4.79 Å². The lowest BCUT2D eigenvalue weighted by Gasteiger charge is -2.17. The molecule has 0 saturated heterocycles. The van der Waals surface area contributed by atoms with E-state index in [0.29, 0.717) is 17.1 Å². The average Bonchev–Trinajstić information content (AvgIpc) is 3.14. The summed E-state index contributed by atoms with van der Waals surface area (Å²) in [5.74, 6) is 1.33. The van der Waals surface area contributed by atoms with Crippen molar-refractivity contribution in [1.82, 2.24) is 14.9 Å². The Kier molecular flexibility index (Phi) is 5.76. The first-order chi connectivity index (χ1) is 13.3. The molecule has 28 heavy (non-hydrogen) atoms. The number of hydrogen-bond acceptors (Lipinski definition) is 5. The molecule has 1 aliphatic rings. The van der Waals surface area contributed by atoms with Crippen molar-refractivity contribution in [2.75, 3.05) is 20.9 Å². The van der Waals surface area contributed by atoms with Gasteiger partial charge in [0.05, 0.1) is 10.9 Å². The molecule has 2 aromatic rings. The molecule has 0 spiro atoms. The molecule has 0 unspecified atom stereocenters. The highest BCUT2D eigenvalue weighted by Gasteiger charge is 2.21. The molecule has 1 atom stereocenters. The molecule has 0 saturated carbocycles.